The Morgan fingerprint density at radius 1 is 1.00 bits per heavy atom. The van der Waals surface area contributed by atoms with E-state index in [4.69, 9.17) is 12.2 Å². The summed E-state index contributed by atoms with van der Waals surface area (Å²) in [6.07, 6.45) is 0. The van der Waals surface area contributed by atoms with Gasteiger partial charge in [0, 0.05) is 15.7 Å². The summed E-state index contributed by atoms with van der Waals surface area (Å²) in [4.78, 5) is 0.576. The van der Waals surface area contributed by atoms with Crippen molar-refractivity contribution in [1.29, 1.82) is 0 Å². The van der Waals surface area contributed by atoms with Gasteiger partial charge in [0.25, 0.3) is 0 Å². The molecule has 0 spiro atoms. The zero-order valence-corrected chi connectivity index (χ0v) is 11.2. The molecule has 4 heteroatoms. The van der Waals surface area contributed by atoms with E-state index >= 15 is 0 Å². The van der Waals surface area contributed by atoms with Gasteiger partial charge in [-0.15, -0.1) is 0 Å². The van der Waals surface area contributed by atoms with Crippen molar-refractivity contribution in [2.45, 2.75) is 0 Å². The van der Waals surface area contributed by atoms with Crippen molar-refractivity contribution in [3.05, 3.63) is 64.4 Å². The highest BCUT2D eigenvalue weighted by molar-refractivity contribution is 9.10. The fourth-order valence-corrected chi connectivity index (χ4v) is 1.86. The summed E-state index contributed by atoms with van der Waals surface area (Å²) in [5.41, 5.74) is 1.70. The van der Waals surface area contributed by atoms with Crippen molar-refractivity contribution in [2.75, 3.05) is 5.32 Å². The normalized spacial score (nSPS) is 10.0. The molecule has 0 aliphatic rings. The monoisotopic (exact) mass is 309 g/mol. The van der Waals surface area contributed by atoms with Gasteiger partial charge >= 0.3 is 0 Å². The lowest BCUT2D eigenvalue weighted by atomic mass is 10.2. The molecule has 86 valence electrons. The number of halogens is 2. The van der Waals surface area contributed by atoms with E-state index in [0.29, 0.717) is 4.99 Å². The summed E-state index contributed by atoms with van der Waals surface area (Å²) >= 11 is 8.60. The smallest absolute Gasteiger partial charge is 0.123 e. The molecule has 0 amide bonds. The third-order valence-electron chi connectivity index (χ3n) is 2.21. The van der Waals surface area contributed by atoms with E-state index < -0.39 is 0 Å². The van der Waals surface area contributed by atoms with Gasteiger partial charge in [0.2, 0.25) is 0 Å². The minimum absolute atomic E-state index is 0.264. The average Bonchev–Trinajstić information content (AvgIpc) is 2.33. The molecule has 0 unspecified atom stereocenters. The molecule has 1 nitrogen and oxygen atoms in total. The number of hydrogen-bond acceptors (Lipinski definition) is 1. The quantitative estimate of drug-likeness (QED) is 0.826. The van der Waals surface area contributed by atoms with Crippen LogP contribution in [-0.2, 0) is 0 Å². The zero-order valence-electron chi connectivity index (χ0n) is 8.78. The van der Waals surface area contributed by atoms with Crippen LogP contribution in [0.3, 0.4) is 0 Å². The lowest BCUT2D eigenvalue weighted by Crippen LogP contribution is -2.10. The molecule has 0 aliphatic carbocycles. The SMILES string of the molecule is Fc1ccc(C(=S)Nc2ccc(Br)cc2)cc1. The minimum Gasteiger partial charge on any atom is -0.346 e. The summed E-state index contributed by atoms with van der Waals surface area (Å²) in [5.74, 6) is -0.264. The van der Waals surface area contributed by atoms with E-state index in [0.717, 1.165) is 15.7 Å². The molecule has 0 radical (unpaired) electrons. The summed E-state index contributed by atoms with van der Waals surface area (Å²) in [7, 11) is 0. The fourth-order valence-electron chi connectivity index (χ4n) is 1.34. The van der Waals surface area contributed by atoms with E-state index in [1.165, 1.54) is 12.1 Å². The third-order valence-corrected chi connectivity index (χ3v) is 3.07. The zero-order chi connectivity index (χ0) is 12.3. The van der Waals surface area contributed by atoms with Crippen molar-refractivity contribution in [2.24, 2.45) is 0 Å². The Kier molecular flexibility index (Phi) is 3.86. The summed E-state index contributed by atoms with van der Waals surface area (Å²) in [6, 6.07) is 13.8. The Morgan fingerprint density at radius 3 is 2.18 bits per heavy atom. The number of thiocarbonyl (C=S) groups is 1. The van der Waals surface area contributed by atoms with Crippen LogP contribution in [0.5, 0.6) is 0 Å². The molecule has 0 aromatic heterocycles. The first-order chi connectivity index (χ1) is 8.15. The highest BCUT2D eigenvalue weighted by Gasteiger charge is 2.01. The van der Waals surface area contributed by atoms with Crippen LogP contribution in [0.4, 0.5) is 10.1 Å². The van der Waals surface area contributed by atoms with Crippen LogP contribution < -0.4 is 5.32 Å². The lowest BCUT2D eigenvalue weighted by molar-refractivity contribution is 0.628. The first-order valence-corrected chi connectivity index (χ1v) is 6.18. The van der Waals surface area contributed by atoms with E-state index in [2.05, 4.69) is 21.2 Å². The third kappa shape index (κ3) is 3.35. The summed E-state index contributed by atoms with van der Waals surface area (Å²) in [6.45, 7) is 0. The predicted molar refractivity (Wildman–Crippen MR) is 75.9 cm³/mol. The highest BCUT2D eigenvalue weighted by Crippen LogP contribution is 2.15. The predicted octanol–water partition coefficient (Wildman–Crippen LogP) is 4.38. The van der Waals surface area contributed by atoms with Gasteiger partial charge in [-0.3, -0.25) is 0 Å². The second kappa shape index (κ2) is 5.38. The molecule has 0 aliphatic heterocycles. The number of benzene rings is 2. The van der Waals surface area contributed by atoms with Crippen LogP contribution in [0.2, 0.25) is 0 Å². The van der Waals surface area contributed by atoms with Crippen LogP contribution in [-0.4, -0.2) is 4.99 Å². The minimum atomic E-state index is -0.264. The number of anilines is 1. The summed E-state index contributed by atoms with van der Waals surface area (Å²) < 4.78 is 13.8. The Morgan fingerprint density at radius 2 is 1.59 bits per heavy atom. The standard InChI is InChI=1S/C13H9BrFNS/c14-10-3-7-12(8-4-10)16-13(17)9-1-5-11(15)6-2-9/h1-8H,(H,16,17). The van der Waals surface area contributed by atoms with E-state index in [1.54, 1.807) is 12.1 Å². The van der Waals surface area contributed by atoms with Gasteiger partial charge in [0.05, 0.1) is 0 Å². The van der Waals surface area contributed by atoms with Crippen LogP contribution in [0.25, 0.3) is 0 Å². The van der Waals surface area contributed by atoms with Crippen molar-refractivity contribution in [1.82, 2.24) is 0 Å². The van der Waals surface area contributed by atoms with Crippen LogP contribution in [0, 0.1) is 5.82 Å². The van der Waals surface area contributed by atoms with Crippen molar-refractivity contribution in [3.8, 4) is 0 Å². The topological polar surface area (TPSA) is 12.0 Å². The van der Waals surface area contributed by atoms with Gasteiger partial charge in [0.1, 0.15) is 10.8 Å². The molecule has 0 atom stereocenters. The maximum Gasteiger partial charge on any atom is 0.123 e. The highest BCUT2D eigenvalue weighted by atomic mass is 79.9. The molecular weight excluding hydrogens is 301 g/mol. The van der Waals surface area contributed by atoms with Crippen LogP contribution in [0.15, 0.2) is 53.0 Å². The van der Waals surface area contributed by atoms with E-state index in [-0.39, 0.29) is 5.82 Å². The second-order valence-corrected chi connectivity index (χ2v) is 4.79. The Balaban J connectivity index is 2.11. The van der Waals surface area contributed by atoms with Crippen LogP contribution >= 0.6 is 28.1 Å². The van der Waals surface area contributed by atoms with Gasteiger partial charge in [-0.05, 0) is 48.5 Å². The Hall–Kier alpha value is -1.26. The van der Waals surface area contributed by atoms with Gasteiger partial charge in [-0.2, -0.15) is 0 Å². The van der Waals surface area contributed by atoms with Gasteiger partial charge in [-0.1, -0.05) is 28.1 Å². The molecule has 0 saturated heterocycles. The summed E-state index contributed by atoms with van der Waals surface area (Å²) in [5, 5.41) is 3.09. The molecule has 1 N–H and O–H groups in total. The van der Waals surface area contributed by atoms with Gasteiger partial charge in [-0.25, -0.2) is 4.39 Å². The van der Waals surface area contributed by atoms with Crippen molar-refractivity contribution < 1.29 is 4.39 Å². The molecule has 2 aromatic rings. The molecule has 17 heavy (non-hydrogen) atoms. The maximum atomic E-state index is 12.8. The number of nitrogens with one attached hydrogen (secondary N) is 1. The lowest BCUT2D eigenvalue weighted by Gasteiger charge is -2.08. The van der Waals surface area contributed by atoms with Crippen molar-refractivity contribution >= 4 is 38.8 Å². The first-order valence-electron chi connectivity index (χ1n) is 4.97. The molecule has 0 bridgehead atoms. The molecule has 0 heterocycles. The number of hydrogen-bond donors (Lipinski definition) is 1. The maximum absolute atomic E-state index is 12.8. The van der Waals surface area contributed by atoms with Crippen molar-refractivity contribution in [3.63, 3.8) is 0 Å². The Labute approximate surface area is 113 Å². The first kappa shape index (κ1) is 12.2. The molecule has 0 saturated carbocycles. The fraction of sp³-hybridized carbons (Fsp3) is 0. The van der Waals surface area contributed by atoms with Crippen LogP contribution in [0.1, 0.15) is 5.56 Å². The van der Waals surface area contributed by atoms with Gasteiger partial charge in [0.15, 0.2) is 0 Å². The van der Waals surface area contributed by atoms with E-state index in [1.807, 2.05) is 24.3 Å². The number of rotatable bonds is 2. The second-order valence-electron chi connectivity index (χ2n) is 3.47. The average molecular weight is 310 g/mol. The molecular formula is C13H9BrFNS. The molecule has 2 aromatic carbocycles. The largest absolute Gasteiger partial charge is 0.346 e. The Bertz CT molecular complexity index is 522. The van der Waals surface area contributed by atoms with Gasteiger partial charge < -0.3 is 5.32 Å². The van der Waals surface area contributed by atoms with E-state index in [9.17, 15) is 4.39 Å². The molecule has 2 rings (SSSR count). The molecule has 0 fully saturated rings.